The molecule has 2 N–H and O–H groups in total. The van der Waals surface area contributed by atoms with Crippen LogP contribution in [0.15, 0.2) is 67.0 Å². The Morgan fingerprint density at radius 1 is 1.14 bits per heavy atom. The molecule has 2 aromatic heterocycles. The zero-order valence-corrected chi connectivity index (χ0v) is 15.9. The number of aromatic nitrogens is 5. The van der Waals surface area contributed by atoms with Gasteiger partial charge in [0, 0.05) is 11.8 Å². The van der Waals surface area contributed by atoms with Crippen molar-refractivity contribution in [3.05, 3.63) is 83.8 Å². The summed E-state index contributed by atoms with van der Waals surface area (Å²) < 4.78 is 7.00. The van der Waals surface area contributed by atoms with Crippen molar-refractivity contribution >= 4 is 5.91 Å². The summed E-state index contributed by atoms with van der Waals surface area (Å²) in [5.41, 5.74) is 3.70. The fraction of sp³-hybridized carbons (Fsp3) is 0.143. The predicted octanol–water partition coefficient (Wildman–Crippen LogP) is 2.66. The second kappa shape index (κ2) is 8.39. The Morgan fingerprint density at radius 2 is 1.93 bits per heavy atom. The minimum Gasteiger partial charge on any atom is -0.497 e. The lowest BCUT2D eigenvalue weighted by Crippen LogP contribution is -2.23. The summed E-state index contributed by atoms with van der Waals surface area (Å²) in [6.45, 7) is 0.849. The number of nitrogens with one attached hydrogen (secondary N) is 2. The minimum atomic E-state index is -0.224. The number of hydrogen-bond acceptors (Lipinski definition) is 5. The molecule has 0 atom stereocenters. The Labute approximate surface area is 167 Å². The minimum absolute atomic E-state index is 0.224. The van der Waals surface area contributed by atoms with Crippen LogP contribution in [0.5, 0.6) is 5.75 Å². The molecule has 4 aromatic rings. The SMILES string of the molecule is COc1ccc(-c2nn(Cc3ccccc3)cc2C(=O)NCc2cn[nH]n2)cc1. The third-order valence-electron chi connectivity index (χ3n) is 4.45. The topological polar surface area (TPSA) is 97.7 Å². The molecule has 0 bridgehead atoms. The maximum absolute atomic E-state index is 12.9. The number of carbonyl (C=O) groups is 1. The largest absolute Gasteiger partial charge is 0.497 e. The van der Waals surface area contributed by atoms with Crippen molar-refractivity contribution in [2.45, 2.75) is 13.1 Å². The highest BCUT2D eigenvalue weighted by Gasteiger charge is 2.18. The Balaban J connectivity index is 1.63. The van der Waals surface area contributed by atoms with Gasteiger partial charge in [0.25, 0.3) is 5.91 Å². The van der Waals surface area contributed by atoms with Crippen LogP contribution in [-0.4, -0.2) is 38.2 Å². The summed E-state index contributed by atoms with van der Waals surface area (Å²) in [7, 11) is 1.62. The summed E-state index contributed by atoms with van der Waals surface area (Å²) in [4.78, 5) is 12.9. The van der Waals surface area contributed by atoms with Crippen LogP contribution in [0.2, 0.25) is 0 Å². The van der Waals surface area contributed by atoms with Gasteiger partial charge in [0.05, 0.1) is 32.0 Å². The molecule has 1 amide bonds. The first-order chi connectivity index (χ1) is 14.2. The molecule has 0 spiro atoms. The van der Waals surface area contributed by atoms with E-state index in [2.05, 4.69) is 25.8 Å². The van der Waals surface area contributed by atoms with Crippen molar-refractivity contribution in [3.8, 4) is 17.0 Å². The predicted molar refractivity (Wildman–Crippen MR) is 107 cm³/mol. The van der Waals surface area contributed by atoms with Crippen LogP contribution in [0.25, 0.3) is 11.3 Å². The molecule has 146 valence electrons. The molecule has 29 heavy (non-hydrogen) atoms. The Morgan fingerprint density at radius 3 is 2.62 bits per heavy atom. The van der Waals surface area contributed by atoms with Crippen LogP contribution in [-0.2, 0) is 13.1 Å². The highest BCUT2D eigenvalue weighted by Crippen LogP contribution is 2.25. The van der Waals surface area contributed by atoms with E-state index in [1.165, 1.54) is 0 Å². The number of amides is 1. The van der Waals surface area contributed by atoms with Crippen molar-refractivity contribution in [3.63, 3.8) is 0 Å². The molecule has 4 rings (SSSR count). The molecule has 0 aliphatic rings. The fourth-order valence-corrected chi connectivity index (χ4v) is 2.98. The molecule has 8 nitrogen and oxygen atoms in total. The van der Waals surface area contributed by atoms with E-state index in [1.54, 1.807) is 24.2 Å². The molecule has 8 heteroatoms. The molecular weight excluding hydrogens is 368 g/mol. The molecule has 0 fully saturated rings. The number of carbonyl (C=O) groups excluding carboxylic acids is 1. The smallest absolute Gasteiger partial charge is 0.255 e. The first-order valence-electron chi connectivity index (χ1n) is 9.11. The van der Waals surface area contributed by atoms with E-state index < -0.39 is 0 Å². The molecule has 0 aliphatic carbocycles. The number of nitrogens with zero attached hydrogens (tertiary/aromatic N) is 4. The van der Waals surface area contributed by atoms with Crippen molar-refractivity contribution in [2.75, 3.05) is 7.11 Å². The first kappa shape index (κ1) is 18.4. The van der Waals surface area contributed by atoms with Crippen LogP contribution in [0, 0.1) is 0 Å². The molecule has 0 saturated heterocycles. The highest BCUT2D eigenvalue weighted by molar-refractivity contribution is 5.99. The maximum atomic E-state index is 12.9. The summed E-state index contributed by atoms with van der Waals surface area (Å²) in [6, 6.07) is 17.5. The van der Waals surface area contributed by atoms with Gasteiger partial charge in [0.15, 0.2) is 0 Å². The summed E-state index contributed by atoms with van der Waals surface area (Å²) in [5, 5.41) is 17.8. The number of ether oxygens (including phenoxy) is 1. The number of H-pyrrole nitrogens is 1. The van der Waals surface area contributed by atoms with E-state index in [0.717, 1.165) is 16.9 Å². The average molecular weight is 388 g/mol. The van der Waals surface area contributed by atoms with Gasteiger partial charge in [-0.05, 0) is 29.8 Å². The summed E-state index contributed by atoms with van der Waals surface area (Å²) in [5.74, 6) is 0.521. The van der Waals surface area contributed by atoms with Gasteiger partial charge in [0.1, 0.15) is 17.1 Å². The molecule has 0 radical (unpaired) electrons. The number of methoxy groups -OCH3 is 1. The normalized spacial score (nSPS) is 10.7. The van der Waals surface area contributed by atoms with Crippen molar-refractivity contribution in [2.24, 2.45) is 0 Å². The zero-order chi connectivity index (χ0) is 20.1. The third-order valence-corrected chi connectivity index (χ3v) is 4.45. The maximum Gasteiger partial charge on any atom is 0.255 e. The number of aromatic amines is 1. The molecule has 0 unspecified atom stereocenters. The van der Waals surface area contributed by atoms with Gasteiger partial charge in [0.2, 0.25) is 0 Å². The fourth-order valence-electron chi connectivity index (χ4n) is 2.98. The van der Waals surface area contributed by atoms with Gasteiger partial charge in [-0.2, -0.15) is 20.5 Å². The number of hydrogen-bond donors (Lipinski definition) is 2. The van der Waals surface area contributed by atoms with Crippen molar-refractivity contribution < 1.29 is 9.53 Å². The third kappa shape index (κ3) is 4.32. The van der Waals surface area contributed by atoms with E-state index >= 15 is 0 Å². The second-order valence-electron chi connectivity index (χ2n) is 6.45. The number of rotatable bonds is 7. The summed E-state index contributed by atoms with van der Waals surface area (Å²) >= 11 is 0. The van der Waals surface area contributed by atoms with E-state index in [4.69, 9.17) is 4.74 Å². The van der Waals surface area contributed by atoms with Gasteiger partial charge < -0.3 is 10.1 Å². The van der Waals surface area contributed by atoms with Crippen molar-refractivity contribution in [1.29, 1.82) is 0 Å². The van der Waals surface area contributed by atoms with E-state index in [9.17, 15) is 4.79 Å². The molecule has 2 aromatic carbocycles. The van der Waals surface area contributed by atoms with E-state index in [0.29, 0.717) is 23.5 Å². The van der Waals surface area contributed by atoms with Crippen LogP contribution < -0.4 is 10.1 Å². The van der Waals surface area contributed by atoms with Crippen LogP contribution in [0.3, 0.4) is 0 Å². The van der Waals surface area contributed by atoms with Crippen LogP contribution in [0.4, 0.5) is 0 Å². The molecule has 0 aliphatic heterocycles. The van der Waals surface area contributed by atoms with Gasteiger partial charge in [-0.15, -0.1) is 0 Å². The van der Waals surface area contributed by atoms with Crippen LogP contribution in [0.1, 0.15) is 21.6 Å². The molecular formula is C21H20N6O2. The molecule has 0 saturated carbocycles. The lowest BCUT2D eigenvalue weighted by molar-refractivity contribution is 0.0951. The van der Waals surface area contributed by atoms with Gasteiger partial charge >= 0.3 is 0 Å². The average Bonchev–Trinajstić information content (AvgIpc) is 3.43. The standard InChI is InChI=1S/C21H20N6O2/c1-29-18-9-7-16(8-10-18)20-19(21(28)22-11-17-12-23-26-24-17)14-27(25-20)13-15-5-3-2-4-6-15/h2-10,12,14H,11,13H2,1H3,(H,22,28)(H,23,24,26). The number of benzene rings is 2. The Hall–Kier alpha value is -3.94. The Bertz CT molecular complexity index is 1070. The van der Waals surface area contributed by atoms with Crippen LogP contribution >= 0.6 is 0 Å². The van der Waals surface area contributed by atoms with Gasteiger partial charge in [-0.1, -0.05) is 30.3 Å². The second-order valence-corrected chi connectivity index (χ2v) is 6.45. The van der Waals surface area contributed by atoms with E-state index in [1.807, 2.05) is 54.6 Å². The van der Waals surface area contributed by atoms with Crippen molar-refractivity contribution in [1.82, 2.24) is 30.5 Å². The summed E-state index contributed by atoms with van der Waals surface area (Å²) in [6.07, 6.45) is 3.34. The van der Waals surface area contributed by atoms with E-state index in [-0.39, 0.29) is 12.5 Å². The Kier molecular flexibility index (Phi) is 5.33. The molecule has 2 heterocycles. The highest BCUT2D eigenvalue weighted by atomic mass is 16.5. The van der Waals surface area contributed by atoms with Gasteiger partial charge in [-0.25, -0.2) is 0 Å². The zero-order valence-electron chi connectivity index (χ0n) is 15.9. The lowest BCUT2D eigenvalue weighted by atomic mass is 10.1. The first-order valence-corrected chi connectivity index (χ1v) is 9.11. The lowest BCUT2D eigenvalue weighted by Gasteiger charge is -2.05. The quantitative estimate of drug-likeness (QED) is 0.507. The monoisotopic (exact) mass is 388 g/mol. The van der Waals surface area contributed by atoms with Gasteiger partial charge in [-0.3, -0.25) is 9.48 Å².